The smallest absolute Gasteiger partial charge is 0.0248 e. The summed E-state index contributed by atoms with van der Waals surface area (Å²) in [5, 5.41) is 0. The Bertz CT molecular complexity index is 463. The Labute approximate surface area is 199 Å². The lowest BCUT2D eigenvalue weighted by molar-refractivity contribution is 0.0847. The van der Waals surface area contributed by atoms with Crippen molar-refractivity contribution < 1.29 is 0 Å². The molecule has 0 nitrogen and oxygen atoms in total. The zero-order chi connectivity index (χ0) is 23.7. The van der Waals surface area contributed by atoms with Gasteiger partial charge in [0.15, 0.2) is 0 Å². The molecule has 0 heteroatoms. The lowest BCUT2D eigenvalue weighted by Gasteiger charge is -2.42. The Morgan fingerprint density at radius 2 is 1.45 bits per heavy atom. The van der Waals surface area contributed by atoms with Crippen molar-refractivity contribution in [2.75, 3.05) is 0 Å². The predicted molar refractivity (Wildman–Crippen MR) is 143 cm³/mol. The van der Waals surface area contributed by atoms with E-state index in [0.717, 1.165) is 23.7 Å². The molecule has 4 unspecified atom stereocenters. The molecule has 0 aromatic rings. The molecule has 1 rings (SSSR count). The van der Waals surface area contributed by atoms with Crippen LogP contribution in [0.3, 0.4) is 0 Å². The normalized spacial score (nSPS) is 26.0. The van der Waals surface area contributed by atoms with Crippen molar-refractivity contribution in [3.8, 4) is 0 Å². The molecule has 186 valence electrons. The summed E-state index contributed by atoms with van der Waals surface area (Å²) >= 11 is 0. The van der Waals surface area contributed by atoms with Crippen LogP contribution in [0.5, 0.6) is 0 Å². The van der Waals surface area contributed by atoms with Crippen LogP contribution < -0.4 is 0 Å². The summed E-state index contributed by atoms with van der Waals surface area (Å²) in [4.78, 5) is 0. The van der Waals surface area contributed by atoms with Gasteiger partial charge in [0.05, 0.1) is 0 Å². The van der Waals surface area contributed by atoms with Crippen LogP contribution in [0.4, 0.5) is 0 Å². The molecule has 0 bridgehead atoms. The molecular formula is C31H62. The lowest BCUT2D eigenvalue weighted by atomic mass is 9.63. The molecule has 31 heavy (non-hydrogen) atoms. The molecule has 0 aliphatic heterocycles. The van der Waals surface area contributed by atoms with Crippen molar-refractivity contribution in [2.45, 2.75) is 159 Å². The zero-order valence-electron chi connectivity index (χ0n) is 23.7. The maximum absolute atomic E-state index is 2.58. The SMILES string of the molecule is CCCCCC(CCCC(C)(C)C)CCC(CC)(CC)C1CC(C)C(CC)(C(C)C)C1. The van der Waals surface area contributed by atoms with E-state index in [9.17, 15) is 0 Å². The third-order valence-corrected chi connectivity index (χ3v) is 10.1. The fraction of sp³-hybridized carbons (Fsp3) is 1.00. The van der Waals surface area contributed by atoms with Gasteiger partial charge in [0.25, 0.3) is 0 Å². The summed E-state index contributed by atoms with van der Waals surface area (Å²) in [6.45, 7) is 24.7. The summed E-state index contributed by atoms with van der Waals surface area (Å²) < 4.78 is 0. The Morgan fingerprint density at radius 1 is 0.839 bits per heavy atom. The number of hydrogen-bond donors (Lipinski definition) is 0. The Morgan fingerprint density at radius 3 is 1.90 bits per heavy atom. The molecule has 0 heterocycles. The standard InChI is InChI=1S/C31H62/c1-11-15-16-18-27(19-17-21-29(8,9)10)20-22-30(12-2,13-3)28-23-26(7)31(14-4,24-28)25(5)6/h25-28H,11-24H2,1-10H3. The van der Waals surface area contributed by atoms with Gasteiger partial charge in [-0.3, -0.25) is 0 Å². The van der Waals surface area contributed by atoms with Crippen LogP contribution in [-0.2, 0) is 0 Å². The first-order chi connectivity index (χ1) is 14.5. The first-order valence-corrected chi connectivity index (χ1v) is 14.5. The second-order valence-electron chi connectivity index (χ2n) is 13.2. The summed E-state index contributed by atoms with van der Waals surface area (Å²) in [7, 11) is 0. The van der Waals surface area contributed by atoms with Crippen LogP contribution in [0.15, 0.2) is 0 Å². The molecule has 0 aromatic heterocycles. The number of hydrogen-bond acceptors (Lipinski definition) is 0. The van der Waals surface area contributed by atoms with E-state index in [1.807, 2.05) is 0 Å². The van der Waals surface area contributed by atoms with Gasteiger partial charge < -0.3 is 0 Å². The third kappa shape index (κ3) is 8.07. The number of unbranched alkanes of at least 4 members (excludes halogenated alkanes) is 2. The molecule has 4 atom stereocenters. The predicted octanol–water partition coefficient (Wildman–Crippen LogP) is 11.1. The molecule has 0 radical (unpaired) electrons. The van der Waals surface area contributed by atoms with Crippen molar-refractivity contribution in [2.24, 2.45) is 39.9 Å². The van der Waals surface area contributed by atoms with Gasteiger partial charge in [-0.05, 0) is 78.4 Å². The van der Waals surface area contributed by atoms with E-state index in [2.05, 4.69) is 69.2 Å². The van der Waals surface area contributed by atoms with Gasteiger partial charge in [0.2, 0.25) is 0 Å². The molecule has 0 spiro atoms. The summed E-state index contributed by atoms with van der Waals surface area (Å²) in [5.41, 5.74) is 1.67. The van der Waals surface area contributed by atoms with Crippen LogP contribution in [0.25, 0.3) is 0 Å². The van der Waals surface area contributed by atoms with Crippen LogP contribution >= 0.6 is 0 Å². The van der Waals surface area contributed by atoms with Gasteiger partial charge in [-0.1, -0.05) is 121 Å². The highest BCUT2D eigenvalue weighted by Gasteiger charge is 2.51. The van der Waals surface area contributed by atoms with E-state index >= 15 is 0 Å². The highest BCUT2D eigenvalue weighted by molar-refractivity contribution is 5.00. The molecule has 0 amide bonds. The Hall–Kier alpha value is 0. The Kier molecular flexibility index (Phi) is 12.2. The molecule has 1 aliphatic carbocycles. The van der Waals surface area contributed by atoms with Gasteiger partial charge in [-0.2, -0.15) is 0 Å². The molecular weight excluding hydrogens is 372 g/mol. The van der Waals surface area contributed by atoms with Crippen molar-refractivity contribution in [3.63, 3.8) is 0 Å². The minimum absolute atomic E-state index is 0.491. The maximum atomic E-state index is 2.58. The molecule has 1 aliphatic rings. The molecule has 0 N–H and O–H groups in total. The largest absolute Gasteiger partial charge is 0.0654 e. The summed E-state index contributed by atoms with van der Waals surface area (Å²) in [6, 6.07) is 0. The van der Waals surface area contributed by atoms with Gasteiger partial charge in [0.1, 0.15) is 0 Å². The zero-order valence-corrected chi connectivity index (χ0v) is 23.7. The van der Waals surface area contributed by atoms with Gasteiger partial charge in [0, 0.05) is 0 Å². The quantitative estimate of drug-likeness (QED) is 0.225. The molecule has 1 saturated carbocycles. The minimum atomic E-state index is 0.491. The van der Waals surface area contributed by atoms with Crippen LogP contribution in [0.2, 0.25) is 0 Å². The summed E-state index contributed by atoms with van der Waals surface area (Å²) in [5.74, 6) is 3.63. The van der Waals surface area contributed by atoms with E-state index in [1.165, 1.54) is 89.9 Å². The van der Waals surface area contributed by atoms with E-state index in [-0.39, 0.29) is 0 Å². The van der Waals surface area contributed by atoms with Crippen LogP contribution in [0, 0.1) is 39.9 Å². The topological polar surface area (TPSA) is 0 Å². The molecule has 0 aromatic carbocycles. The van der Waals surface area contributed by atoms with Crippen LogP contribution in [0.1, 0.15) is 159 Å². The maximum Gasteiger partial charge on any atom is -0.0248 e. The Balaban J connectivity index is 2.87. The van der Waals surface area contributed by atoms with Crippen molar-refractivity contribution in [1.29, 1.82) is 0 Å². The van der Waals surface area contributed by atoms with Gasteiger partial charge in [-0.15, -0.1) is 0 Å². The van der Waals surface area contributed by atoms with Gasteiger partial charge in [-0.25, -0.2) is 0 Å². The lowest BCUT2D eigenvalue weighted by Crippen LogP contribution is -2.32. The van der Waals surface area contributed by atoms with Crippen molar-refractivity contribution in [3.05, 3.63) is 0 Å². The average Bonchev–Trinajstić information content (AvgIpc) is 3.06. The average molecular weight is 435 g/mol. The molecule has 0 saturated heterocycles. The third-order valence-electron chi connectivity index (χ3n) is 10.1. The second kappa shape index (κ2) is 13.0. The fourth-order valence-electron chi connectivity index (χ4n) is 7.49. The molecule has 1 fully saturated rings. The van der Waals surface area contributed by atoms with E-state index < -0.39 is 0 Å². The first kappa shape index (κ1) is 29.0. The van der Waals surface area contributed by atoms with Crippen LogP contribution in [-0.4, -0.2) is 0 Å². The van der Waals surface area contributed by atoms with Crippen molar-refractivity contribution in [1.82, 2.24) is 0 Å². The van der Waals surface area contributed by atoms with E-state index in [4.69, 9.17) is 0 Å². The van der Waals surface area contributed by atoms with Crippen molar-refractivity contribution >= 4 is 0 Å². The number of rotatable bonds is 15. The summed E-state index contributed by atoms with van der Waals surface area (Å²) in [6.07, 6.45) is 20.1. The second-order valence-corrected chi connectivity index (χ2v) is 13.2. The van der Waals surface area contributed by atoms with Gasteiger partial charge >= 0.3 is 0 Å². The first-order valence-electron chi connectivity index (χ1n) is 14.5. The van der Waals surface area contributed by atoms with E-state index in [1.54, 1.807) is 0 Å². The highest BCUT2D eigenvalue weighted by atomic mass is 14.6. The monoisotopic (exact) mass is 434 g/mol. The fourth-order valence-corrected chi connectivity index (χ4v) is 7.49. The highest BCUT2D eigenvalue weighted by Crippen LogP contribution is 2.60. The minimum Gasteiger partial charge on any atom is -0.0654 e. The van der Waals surface area contributed by atoms with E-state index in [0.29, 0.717) is 16.2 Å².